The fourth-order valence-corrected chi connectivity index (χ4v) is 1.65. The summed E-state index contributed by atoms with van der Waals surface area (Å²) in [5.74, 6) is 0. The van der Waals surface area contributed by atoms with Crippen LogP contribution < -0.4 is 22.1 Å². The first-order valence-corrected chi connectivity index (χ1v) is 4.74. The molecule has 3 atom stereocenters. The Morgan fingerprint density at radius 2 is 2.17 bits per heavy atom. The molecule has 0 aliphatic carbocycles. The normalized spacial score (nSPS) is 36.8. The van der Waals surface area contributed by atoms with Crippen LogP contribution in [-0.4, -0.2) is 24.9 Å². The van der Waals surface area contributed by atoms with Gasteiger partial charge < -0.3 is 11.5 Å². The predicted octanol–water partition coefficient (Wildman–Crippen LogP) is -0.692. The lowest BCUT2D eigenvalue weighted by atomic mass is 10.1. The molecule has 72 valence electrons. The van der Waals surface area contributed by atoms with Crippen LogP contribution in [0.2, 0.25) is 0 Å². The van der Waals surface area contributed by atoms with E-state index in [4.69, 9.17) is 11.5 Å². The lowest BCUT2D eigenvalue weighted by molar-refractivity contribution is 0.237. The van der Waals surface area contributed by atoms with Crippen molar-refractivity contribution in [1.82, 2.24) is 10.6 Å². The van der Waals surface area contributed by atoms with Crippen molar-refractivity contribution in [3.05, 3.63) is 0 Å². The number of nitrogens with one attached hydrogen (secondary N) is 2. The maximum atomic E-state index is 5.81. The van der Waals surface area contributed by atoms with Gasteiger partial charge in [-0.05, 0) is 12.8 Å². The van der Waals surface area contributed by atoms with E-state index >= 15 is 0 Å². The van der Waals surface area contributed by atoms with Crippen molar-refractivity contribution in [2.24, 2.45) is 11.5 Å². The molecule has 0 aromatic rings. The van der Waals surface area contributed by atoms with Gasteiger partial charge in [0.05, 0.1) is 12.3 Å². The molecule has 1 rings (SSSR count). The Kier molecular flexibility index (Phi) is 3.94. The molecule has 4 nitrogen and oxygen atoms in total. The van der Waals surface area contributed by atoms with E-state index in [1.54, 1.807) is 0 Å². The first-order chi connectivity index (χ1) is 5.76. The van der Waals surface area contributed by atoms with E-state index in [0.29, 0.717) is 18.8 Å². The zero-order valence-electron chi connectivity index (χ0n) is 7.72. The Morgan fingerprint density at radius 3 is 2.75 bits per heavy atom. The quantitative estimate of drug-likeness (QED) is 0.454. The van der Waals surface area contributed by atoms with E-state index in [1.165, 1.54) is 0 Å². The third kappa shape index (κ3) is 2.71. The van der Waals surface area contributed by atoms with Crippen molar-refractivity contribution in [1.29, 1.82) is 0 Å². The molecule has 0 aromatic carbocycles. The smallest absolute Gasteiger partial charge is 0.0586 e. The highest BCUT2D eigenvalue weighted by Gasteiger charge is 2.23. The van der Waals surface area contributed by atoms with Crippen LogP contribution in [0.5, 0.6) is 0 Å². The predicted molar refractivity (Wildman–Crippen MR) is 50.4 cm³/mol. The lowest BCUT2D eigenvalue weighted by Gasteiger charge is -2.35. The maximum absolute atomic E-state index is 5.81. The molecule has 0 amide bonds. The lowest BCUT2D eigenvalue weighted by Crippen LogP contribution is -2.62. The maximum Gasteiger partial charge on any atom is 0.0586 e. The Bertz CT molecular complexity index is 128. The van der Waals surface area contributed by atoms with Crippen molar-refractivity contribution in [2.75, 3.05) is 6.54 Å². The van der Waals surface area contributed by atoms with Gasteiger partial charge in [-0.1, -0.05) is 13.3 Å². The van der Waals surface area contributed by atoms with E-state index < -0.39 is 0 Å². The Hall–Kier alpha value is -0.160. The van der Waals surface area contributed by atoms with E-state index in [9.17, 15) is 0 Å². The largest absolute Gasteiger partial charge is 0.329 e. The van der Waals surface area contributed by atoms with Crippen molar-refractivity contribution >= 4 is 0 Å². The van der Waals surface area contributed by atoms with Crippen LogP contribution in [0.4, 0.5) is 0 Å². The second-order valence-corrected chi connectivity index (χ2v) is 3.45. The van der Waals surface area contributed by atoms with E-state index in [-0.39, 0.29) is 6.17 Å². The minimum Gasteiger partial charge on any atom is -0.329 e. The molecule has 0 bridgehead atoms. The van der Waals surface area contributed by atoms with Gasteiger partial charge >= 0.3 is 0 Å². The SMILES string of the molecule is CCCC1NC(N)CC(CN)N1. The van der Waals surface area contributed by atoms with Gasteiger partial charge in [0.1, 0.15) is 0 Å². The van der Waals surface area contributed by atoms with Crippen molar-refractivity contribution in [3.8, 4) is 0 Å². The second-order valence-electron chi connectivity index (χ2n) is 3.45. The zero-order chi connectivity index (χ0) is 8.97. The van der Waals surface area contributed by atoms with Crippen LogP contribution in [0, 0.1) is 0 Å². The summed E-state index contributed by atoms with van der Waals surface area (Å²) in [6, 6.07) is 0.387. The zero-order valence-corrected chi connectivity index (χ0v) is 7.72. The summed E-state index contributed by atoms with van der Waals surface area (Å²) in [5.41, 5.74) is 11.4. The first kappa shape index (κ1) is 9.92. The van der Waals surface area contributed by atoms with Gasteiger partial charge in [0.15, 0.2) is 0 Å². The Morgan fingerprint density at radius 1 is 1.42 bits per heavy atom. The Balaban J connectivity index is 2.34. The monoisotopic (exact) mass is 172 g/mol. The van der Waals surface area contributed by atoms with Gasteiger partial charge in [-0.3, -0.25) is 10.6 Å². The average molecular weight is 172 g/mol. The molecule has 0 spiro atoms. The van der Waals surface area contributed by atoms with Gasteiger partial charge in [0, 0.05) is 12.6 Å². The van der Waals surface area contributed by atoms with E-state index in [0.717, 1.165) is 19.3 Å². The van der Waals surface area contributed by atoms with Crippen LogP contribution in [0.1, 0.15) is 26.2 Å². The van der Waals surface area contributed by atoms with Crippen molar-refractivity contribution in [3.63, 3.8) is 0 Å². The standard InChI is InChI=1S/C8H20N4/c1-2-3-8-11-6(5-9)4-7(10)12-8/h6-8,11-12H,2-5,9-10H2,1H3. The topological polar surface area (TPSA) is 76.1 Å². The summed E-state index contributed by atoms with van der Waals surface area (Å²) in [6.07, 6.45) is 3.67. The molecule has 0 radical (unpaired) electrons. The number of hydrogen-bond donors (Lipinski definition) is 4. The highest BCUT2D eigenvalue weighted by Crippen LogP contribution is 2.05. The summed E-state index contributed by atoms with van der Waals surface area (Å²) in [7, 11) is 0. The molecule has 1 aliphatic rings. The van der Waals surface area contributed by atoms with E-state index in [2.05, 4.69) is 17.6 Å². The minimum atomic E-state index is 0.108. The summed E-state index contributed by atoms with van der Waals surface area (Å²) in [5, 5.41) is 6.71. The summed E-state index contributed by atoms with van der Waals surface area (Å²) >= 11 is 0. The molecule has 0 saturated carbocycles. The van der Waals surface area contributed by atoms with Crippen molar-refractivity contribution < 1.29 is 0 Å². The average Bonchev–Trinajstić information content (AvgIpc) is 2.04. The van der Waals surface area contributed by atoms with E-state index in [1.807, 2.05) is 0 Å². The Labute approximate surface area is 74.1 Å². The molecule has 4 heteroatoms. The molecular formula is C8H20N4. The van der Waals surface area contributed by atoms with Crippen LogP contribution in [0.25, 0.3) is 0 Å². The molecular weight excluding hydrogens is 152 g/mol. The van der Waals surface area contributed by atoms with Gasteiger partial charge in [-0.2, -0.15) is 0 Å². The molecule has 0 aromatic heterocycles. The fourth-order valence-electron chi connectivity index (χ4n) is 1.65. The number of nitrogens with two attached hydrogens (primary N) is 2. The number of rotatable bonds is 3. The van der Waals surface area contributed by atoms with Crippen LogP contribution in [-0.2, 0) is 0 Å². The molecule has 1 aliphatic heterocycles. The molecule has 12 heavy (non-hydrogen) atoms. The third-order valence-electron chi connectivity index (χ3n) is 2.25. The summed E-state index contributed by atoms with van der Waals surface area (Å²) < 4.78 is 0. The van der Waals surface area contributed by atoms with Gasteiger partial charge in [0.25, 0.3) is 0 Å². The third-order valence-corrected chi connectivity index (χ3v) is 2.25. The molecule has 6 N–H and O–H groups in total. The number of hydrogen-bond acceptors (Lipinski definition) is 4. The summed E-state index contributed by atoms with van der Waals surface area (Å²) in [6.45, 7) is 2.84. The van der Waals surface area contributed by atoms with Crippen LogP contribution in [0.3, 0.4) is 0 Å². The van der Waals surface area contributed by atoms with Gasteiger partial charge in [-0.25, -0.2) is 0 Å². The highest BCUT2D eigenvalue weighted by atomic mass is 15.2. The molecule has 1 fully saturated rings. The molecule has 1 heterocycles. The fraction of sp³-hybridized carbons (Fsp3) is 1.00. The summed E-state index contributed by atoms with van der Waals surface area (Å²) in [4.78, 5) is 0. The second kappa shape index (κ2) is 4.77. The molecule has 1 saturated heterocycles. The molecule has 3 unspecified atom stereocenters. The first-order valence-electron chi connectivity index (χ1n) is 4.74. The minimum absolute atomic E-state index is 0.108. The van der Waals surface area contributed by atoms with Crippen LogP contribution >= 0.6 is 0 Å². The highest BCUT2D eigenvalue weighted by molar-refractivity contribution is 4.83. The van der Waals surface area contributed by atoms with Crippen LogP contribution in [0.15, 0.2) is 0 Å². The van der Waals surface area contributed by atoms with Crippen molar-refractivity contribution in [2.45, 2.75) is 44.6 Å². The van der Waals surface area contributed by atoms with Gasteiger partial charge in [0.2, 0.25) is 0 Å². The van der Waals surface area contributed by atoms with Gasteiger partial charge in [-0.15, -0.1) is 0 Å².